The Bertz CT molecular complexity index is 729. The number of carbonyl (C=O) groups is 3. The van der Waals surface area contributed by atoms with E-state index >= 15 is 0 Å². The number of ether oxygens (including phenoxy) is 1. The molecule has 22 heavy (non-hydrogen) atoms. The Balaban J connectivity index is 2.25. The zero-order valence-corrected chi connectivity index (χ0v) is 12.8. The fourth-order valence-electron chi connectivity index (χ4n) is 2.29. The zero-order chi connectivity index (χ0) is 16.3. The minimum atomic E-state index is -0.552. The highest BCUT2D eigenvalue weighted by Gasteiger charge is 2.23. The molecule has 0 bridgehead atoms. The standard InChI is InChI=1S/C17H17NO4/c1-11-15(9-18(13(3)20)16(11)12(2)19)17(21)22-10-14-7-5-4-6-8-14/h4-9H,10H2,1-3H3. The van der Waals surface area contributed by atoms with Gasteiger partial charge in [-0.3, -0.25) is 14.2 Å². The number of nitrogens with zero attached hydrogens (tertiary/aromatic N) is 1. The Morgan fingerprint density at radius 3 is 2.23 bits per heavy atom. The first-order chi connectivity index (χ1) is 10.4. The van der Waals surface area contributed by atoms with Gasteiger partial charge in [0.2, 0.25) is 5.91 Å². The SMILES string of the molecule is CC(=O)c1c(C)c(C(=O)OCc2ccccc2)cn1C(C)=O. The Kier molecular flexibility index (Phi) is 4.56. The van der Waals surface area contributed by atoms with Crippen molar-refractivity contribution < 1.29 is 19.1 Å². The van der Waals surface area contributed by atoms with Gasteiger partial charge in [-0.1, -0.05) is 30.3 Å². The molecule has 1 aromatic heterocycles. The zero-order valence-electron chi connectivity index (χ0n) is 12.8. The number of carbonyl (C=O) groups excluding carboxylic acids is 3. The van der Waals surface area contributed by atoms with E-state index in [2.05, 4.69) is 0 Å². The highest BCUT2D eigenvalue weighted by Crippen LogP contribution is 2.19. The van der Waals surface area contributed by atoms with Crippen LogP contribution in [0.4, 0.5) is 0 Å². The third-order valence-electron chi connectivity index (χ3n) is 3.36. The molecule has 1 heterocycles. The van der Waals surface area contributed by atoms with Crippen molar-refractivity contribution in [2.45, 2.75) is 27.4 Å². The second-order valence-electron chi connectivity index (χ2n) is 5.02. The predicted molar refractivity (Wildman–Crippen MR) is 81.0 cm³/mol. The van der Waals surface area contributed by atoms with Crippen LogP contribution in [0.3, 0.4) is 0 Å². The van der Waals surface area contributed by atoms with E-state index in [-0.39, 0.29) is 29.6 Å². The van der Waals surface area contributed by atoms with Gasteiger partial charge in [-0.2, -0.15) is 0 Å². The van der Waals surface area contributed by atoms with Crippen LogP contribution < -0.4 is 0 Å². The summed E-state index contributed by atoms with van der Waals surface area (Å²) in [6.07, 6.45) is 1.36. The molecule has 0 amide bonds. The molecule has 5 heteroatoms. The van der Waals surface area contributed by atoms with E-state index in [1.807, 2.05) is 30.3 Å². The smallest absolute Gasteiger partial charge is 0.340 e. The van der Waals surface area contributed by atoms with Crippen LogP contribution in [0.5, 0.6) is 0 Å². The predicted octanol–water partition coefficient (Wildman–Crippen LogP) is 3.02. The lowest BCUT2D eigenvalue weighted by atomic mass is 10.1. The maximum absolute atomic E-state index is 12.2. The highest BCUT2D eigenvalue weighted by atomic mass is 16.5. The van der Waals surface area contributed by atoms with E-state index in [4.69, 9.17) is 4.74 Å². The maximum atomic E-state index is 12.2. The van der Waals surface area contributed by atoms with Gasteiger partial charge in [0.25, 0.3) is 0 Å². The minimum absolute atomic E-state index is 0.139. The number of aromatic nitrogens is 1. The Morgan fingerprint density at radius 1 is 1.09 bits per heavy atom. The molecule has 0 spiro atoms. The van der Waals surface area contributed by atoms with Crippen LogP contribution in [0.25, 0.3) is 0 Å². The van der Waals surface area contributed by atoms with Crippen LogP contribution in [-0.4, -0.2) is 22.2 Å². The molecule has 0 saturated heterocycles. The summed E-state index contributed by atoms with van der Waals surface area (Å²) in [5.74, 6) is -1.14. The monoisotopic (exact) mass is 299 g/mol. The second-order valence-corrected chi connectivity index (χ2v) is 5.02. The summed E-state index contributed by atoms with van der Waals surface area (Å²) in [5.41, 5.74) is 1.78. The molecule has 0 aliphatic rings. The second kappa shape index (κ2) is 6.39. The van der Waals surface area contributed by atoms with Crippen LogP contribution in [-0.2, 0) is 11.3 Å². The first kappa shape index (κ1) is 15.7. The number of ketones is 1. The number of Topliss-reactive ketones (excluding diaryl/α,β-unsaturated/α-hetero) is 1. The van der Waals surface area contributed by atoms with Gasteiger partial charge in [0.15, 0.2) is 5.78 Å². The van der Waals surface area contributed by atoms with Crippen molar-refractivity contribution >= 4 is 17.7 Å². The van der Waals surface area contributed by atoms with E-state index in [0.717, 1.165) is 5.56 Å². The molecule has 1 aromatic carbocycles. The molecule has 0 atom stereocenters. The molecule has 5 nitrogen and oxygen atoms in total. The lowest BCUT2D eigenvalue weighted by Gasteiger charge is -2.04. The van der Waals surface area contributed by atoms with Crippen LogP contribution in [0, 0.1) is 6.92 Å². The van der Waals surface area contributed by atoms with E-state index in [1.54, 1.807) is 6.92 Å². The lowest BCUT2D eigenvalue weighted by molar-refractivity contribution is 0.0472. The van der Waals surface area contributed by atoms with Gasteiger partial charge < -0.3 is 4.74 Å². The van der Waals surface area contributed by atoms with Gasteiger partial charge in [-0.05, 0) is 18.1 Å². The van der Waals surface area contributed by atoms with Gasteiger partial charge >= 0.3 is 5.97 Å². The van der Waals surface area contributed by atoms with Gasteiger partial charge in [0.1, 0.15) is 6.61 Å². The van der Waals surface area contributed by atoms with Gasteiger partial charge in [-0.15, -0.1) is 0 Å². The van der Waals surface area contributed by atoms with Crippen molar-refractivity contribution in [2.24, 2.45) is 0 Å². The van der Waals surface area contributed by atoms with Crippen LogP contribution in [0.2, 0.25) is 0 Å². The summed E-state index contributed by atoms with van der Waals surface area (Å²) in [5, 5.41) is 0. The third-order valence-corrected chi connectivity index (χ3v) is 3.36. The molecule has 0 unspecified atom stereocenters. The molecular formula is C17H17NO4. The van der Waals surface area contributed by atoms with Crippen molar-refractivity contribution in [3.05, 3.63) is 58.9 Å². The molecular weight excluding hydrogens is 282 g/mol. The molecule has 0 fully saturated rings. The normalized spacial score (nSPS) is 10.3. The van der Waals surface area contributed by atoms with E-state index in [9.17, 15) is 14.4 Å². The Morgan fingerprint density at radius 2 is 1.73 bits per heavy atom. The van der Waals surface area contributed by atoms with E-state index < -0.39 is 5.97 Å². The van der Waals surface area contributed by atoms with Crippen LogP contribution >= 0.6 is 0 Å². The fourth-order valence-corrected chi connectivity index (χ4v) is 2.29. The number of rotatable bonds is 4. The summed E-state index contributed by atoms with van der Waals surface area (Å²) in [4.78, 5) is 35.5. The fraction of sp³-hybridized carbons (Fsp3) is 0.235. The summed E-state index contributed by atoms with van der Waals surface area (Å²) < 4.78 is 6.44. The molecule has 0 N–H and O–H groups in total. The summed E-state index contributed by atoms with van der Waals surface area (Å²) in [6.45, 7) is 4.47. The van der Waals surface area contributed by atoms with Crippen LogP contribution in [0.15, 0.2) is 36.5 Å². The number of benzene rings is 1. The van der Waals surface area contributed by atoms with Crippen molar-refractivity contribution in [2.75, 3.05) is 0 Å². The summed E-state index contributed by atoms with van der Waals surface area (Å²) in [7, 11) is 0. The third kappa shape index (κ3) is 3.14. The molecule has 0 saturated carbocycles. The van der Waals surface area contributed by atoms with Gasteiger partial charge in [0.05, 0.1) is 11.3 Å². The average molecular weight is 299 g/mol. The number of esters is 1. The van der Waals surface area contributed by atoms with Gasteiger partial charge in [0, 0.05) is 20.0 Å². The average Bonchev–Trinajstić information content (AvgIpc) is 2.84. The summed E-state index contributed by atoms with van der Waals surface area (Å²) in [6, 6.07) is 9.29. The Hall–Kier alpha value is -2.69. The highest BCUT2D eigenvalue weighted by molar-refractivity contribution is 6.02. The quantitative estimate of drug-likeness (QED) is 0.643. The summed E-state index contributed by atoms with van der Waals surface area (Å²) >= 11 is 0. The molecule has 2 rings (SSSR count). The van der Waals surface area contributed by atoms with E-state index in [1.165, 1.54) is 24.6 Å². The lowest BCUT2D eigenvalue weighted by Crippen LogP contribution is -2.12. The minimum Gasteiger partial charge on any atom is -0.457 e. The molecule has 0 aliphatic carbocycles. The Labute approximate surface area is 128 Å². The van der Waals surface area contributed by atoms with Gasteiger partial charge in [-0.25, -0.2) is 4.79 Å². The largest absolute Gasteiger partial charge is 0.457 e. The molecule has 114 valence electrons. The number of hydrogen-bond acceptors (Lipinski definition) is 4. The van der Waals surface area contributed by atoms with Crippen LogP contribution in [0.1, 0.15) is 50.6 Å². The van der Waals surface area contributed by atoms with E-state index in [0.29, 0.717) is 5.56 Å². The molecule has 0 radical (unpaired) electrons. The first-order valence-electron chi connectivity index (χ1n) is 6.86. The van der Waals surface area contributed by atoms with Crippen molar-refractivity contribution in [3.63, 3.8) is 0 Å². The molecule has 2 aromatic rings. The first-order valence-corrected chi connectivity index (χ1v) is 6.86. The number of hydrogen-bond donors (Lipinski definition) is 0. The topological polar surface area (TPSA) is 65.4 Å². The molecule has 0 aliphatic heterocycles. The maximum Gasteiger partial charge on any atom is 0.340 e. The van der Waals surface area contributed by atoms with Crippen molar-refractivity contribution in [1.82, 2.24) is 4.57 Å². The van der Waals surface area contributed by atoms with Crippen molar-refractivity contribution in [1.29, 1.82) is 0 Å². The van der Waals surface area contributed by atoms with Crippen molar-refractivity contribution in [3.8, 4) is 0 Å².